The average molecular weight is 510 g/mol. The predicted molar refractivity (Wildman–Crippen MR) is 165 cm³/mol. The number of aromatic nitrogens is 3. The monoisotopic (exact) mass is 509 g/mol. The second-order valence-corrected chi connectivity index (χ2v) is 10.4. The van der Waals surface area contributed by atoms with Crippen molar-refractivity contribution in [2.24, 2.45) is 0 Å². The van der Waals surface area contributed by atoms with Crippen molar-refractivity contribution in [2.45, 2.75) is 0 Å². The van der Waals surface area contributed by atoms with Gasteiger partial charge in [0.2, 0.25) is 5.78 Å². The summed E-state index contributed by atoms with van der Waals surface area (Å²) < 4.78 is 4.58. The Morgan fingerprint density at radius 2 is 0.825 bits per heavy atom. The topological polar surface area (TPSA) is 22.2 Å². The Hall–Kier alpha value is -5.41. The fourth-order valence-corrected chi connectivity index (χ4v) is 6.59. The van der Waals surface area contributed by atoms with Crippen LogP contribution >= 0.6 is 0 Å². The number of hydrogen-bond acceptors (Lipinski definition) is 1. The largest absolute Gasteiger partial charge is 0.278 e. The average Bonchev–Trinajstić information content (AvgIpc) is 3.55. The molecule has 3 heteroatoms. The molecule has 0 atom stereocenters. The summed E-state index contributed by atoms with van der Waals surface area (Å²) in [5, 5.41) is 0. The van der Waals surface area contributed by atoms with E-state index in [1.54, 1.807) is 0 Å². The molecule has 8 aromatic rings. The van der Waals surface area contributed by atoms with Gasteiger partial charge in [0.1, 0.15) is 0 Å². The summed E-state index contributed by atoms with van der Waals surface area (Å²) in [6.07, 6.45) is 0. The van der Waals surface area contributed by atoms with Crippen molar-refractivity contribution in [2.75, 3.05) is 0 Å². The van der Waals surface area contributed by atoms with E-state index < -0.39 is 0 Å². The van der Waals surface area contributed by atoms with Gasteiger partial charge in [-0.25, -0.2) is 4.98 Å². The summed E-state index contributed by atoms with van der Waals surface area (Å²) in [6.45, 7) is 0. The number of fused-ring (bicyclic) bond motifs is 13. The van der Waals surface area contributed by atoms with Crippen LogP contribution < -0.4 is 0 Å². The lowest BCUT2D eigenvalue weighted by molar-refractivity contribution is 1.11. The van der Waals surface area contributed by atoms with Crippen molar-refractivity contribution in [3.05, 3.63) is 140 Å². The zero-order chi connectivity index (χ0) is 26.2. The van der Waals surface area contributed by atoms with Gasteiger partial charge >= 0.3 is 0 Å². The molecular weight excluding hydrogens is 486 g/mol. The Labute approximate surface area is 231 Å². The summed E-state index contributed by atoms with van der Waals surface area (Å²) in [4.78, 5) is 5.11. The van der Waals surface area contributed by atoms with E-state index in [4.69, 9.17) is 4.98 Å². The smallest absolute Gasteiger partial charge is 0.220 e. The van der Waals surface area contributed by atoms with Crippen molar-refractivity contribution in [3.8, 4) is 50.2 Å². The van der Waals surface area contributed by atoms with Crippen molar-refractivity contribution in [1.82, 2.24) is 14.0 Å². The highest BCUT2D eigenvalue weighted by atomic mass is 15.2. The second-order valence-electron chi connectivity index (χ2n) is 10.4. The van der Waals surface area contributed by atoms with Gasteiger partial charge in [-0.05, 0) is 80.9 Å². The lowest BCUT2D eigenvalue weighted by atomic mass is 9.81. The minimum atomic E-state index is 0.923. The van der Waals surface area contributed by atoms with Gasteiger partial charge in [-0.3, -0.25) is 8.97 Å². The fourth-order valence-electron chi connectivity index (χ4n) is 6.59. The molecule has 186 valence electrons. The van der Waals surface area contributed by atoms with Gasteiger partial charge in [0.05, 0.1) is 22.1 Å². The van der Waals surface area contributed by atoms with Crippen LogP contribution in [0.2, 0.25) is 0 Å². The highest BCUT2D eigenvalue weighted by Crippen LogP contribution is 2.48. The van der Waals surface area contributed by atoms with E-state index in [1.807, 2.05) is 0 Å². The summed E-state index contributed by atoms with van der Waals surface area (Å²) in [5.74, 6) is 0.923. The minimum absolute atomic E-state index is 0.923. The number of hydrogen-bond donors (Lipinski definition) is 0. The molecule has 1 aliphatic carbocycles. The molecule has 0 N–H and O–H groups in total. The Morgan fingerprint density at radius 1 is 0.375 bits per heavy atom. The van der Waals surface area contributed by atoms with Gasteiger partial charge in [-0.1, -0.05) is 103 Å². The molecule has 3 nitrogen and oxygen atoms in total. The molecule has 0 aliphatic heterocycles. The molecule has 6 aromatic carbocycles. The highest BCUT2D eigenvalue weighted by Gasteiger charge is 2.23. The number of nitrogens with zero attached hydrogens (tertiary/aromatic N) is 3. The first-order valence-corrected chi connectivity index (χ1v) is 13.7. The van der Waals surface area contributed by atoms with Crippen LogP contribution in [-0.4, -0.2) is 14.0 Å². The van der Waals surface area contributed by atoms with Crippen LogP contribution in [0, 0.1) is 0 Å². The van der Waals surface area contributed by atoms with Gasteiger partial charge in [-0.15, -0.1) is 0 Å². The predicted octanol–water partition coefficient (Wildman–Crippen LogP) is 9.41. The third kappa shape index (κ3) is 2.86. The van der Waals surface area contributed by atoms with E-state index >= 15 is 0 Å². The number of benzene rings is 6. The zero-order valence-corrected chi connectivity index (χ0v) is 21.6. The maximum Gasteiger partial charge on any atom is 0.220 e. The van der Waals surface area contributed by atoms with Crippen molar-refractivity contribution in [1.29, 1.82) is 0 Å². The number of imidazole rings is 2. The first kappa shape index (κ1) is 21.5. The van der Waals surface area contributed by atoms with Crippen LogP contribution in [0.1, 0.15) is 0 Å². The maximum absolute atomic E-state index is 5.11. The van der Waals surface area contributed by atoms with Crippen LogP contribution in [0.5, 0.6) is 0 Å². The minimum Gasteiger partial charge on any atom is -0.278 e. The normalized spacial score (nSPS) is 12.0. The van der Waals surface area contributed by atoms with Gasteiger partial charge in [0.15, 0.2) is 0 Å². The lowest BCUT2D eigenvalue weighted by Gasteiger charge is -2.23. The zero-order valence-electron chi connectivity index (χ0n) is 21.6. The summed E-state index contributed by atoms with van der Waals surface area (Å²) in [6, 6.07) is 50.2. The van der Waals surface area contributed by atoms with Gasteiger partial charge < -0.3 is 0 Å². The van der Waals surface area contributed by atoms with Crippen LogP contribution in [-0.2, 0) is 0 Å². The van der Waals surface area contributed by atoms with Gasteiger partial charge in [-0.2, -0.15) is 0 Å². The second kappa shape index (κ2) is 8.05. The molecule has 9 rings (SSSR count). The number of para-hydroxylation sites is 4. The SMILES string of the molecule is c1ccc2c(c1)-c1ccccc1-c1ccc(-n3c4ccccc4n4c5ccccc5nc34)cc1-c1ccccc1-2. The van der Waals surface area contributed by atoms with Crippen LogP contribution in [0.25, 0.3) is 78.0 Å². The van der Waals surface area contributed by atoms with E-state index in [1.165, 1.54) is 44.5 Å². The molecule has 0 bridgehead atoms. The van der Waals surface area contributed by atoms with Crippen molar-refractivity contribution >= 4 is 27.8 Å². The third-order valence-electron chi connectivity index (χ3n) is 8.31. The van der Waals surface area contributed by atoms with Crippen molar-refractivity contribution in [3.63, 3.8) is 0 Å². The van der Waals surface area contributed by atoms with E-state index in [0.717, 1.165) is 33.5 Å². The molecule has 0 fully saturated rings. The van der Waals surface area contributed by atoms with E-state index in [-0.39, 0.29) is 0 Å². The molecule has 0 radical (unpaired) electrons. The molecule has 2 heterocycles. The Kier molecular flexibility index (Phi) is 4.33. The van der Waals surface area contributed by atoms with Gasteiger partial charge in [0, 0.05) is 5.69 Å². The molecule has 2 aromatic heterocycles. The molecule has 0 unspecified atom stereocenters. The Balaban J connectivity index is 1.40. The lowest BCUT2D eigenvalue weighted by Crippen LogP contribution is -2.00. The van der Waals surface area contributed by atoms with Crippen LogP contribution in [0.4, 0.5) is 0 Å². The maximum atomic E-state index is 5.11. The van der Waals surface area contributed by atoms with E-state index in [0.29, 0.717) is 0 Å². The summed E-state index contributed by atoms with van der Waals surface area (Å²) >= 11 is 0. The van der Waals surface area contributed by atoms with Crippen LogP contribution in [0.3, 0.4) is 0 Å². The highest BCUT2D eigenvalue weighted by molar-refractivity contribution is 6.03. The molecule has 0 spiro atoms. The molecule has 0 saturated carbocycles. The molecule has 1 aliphatic rings. The quantitative estimate of drug-likeness (QED) is 0.216. The Morgan fingerprint density at radius 3 is 1.43 bits per heavy atom. The molecule has 0 amide bonds. The molecule has 0 saturated heterocycles. The van der Waals surface area contributed by atoms with Gasteiger partial charge in [0.25, 0.3) is 0 Å². The van der Waals surface area contributed by atoms with Crippen LogP contribution in [0.15, 0.2) is 140 Å². The number of rotatable bonds is 1. The Bertz CT molecular complexity index is 2280. The first-order valence-electron chi connectivity index (χ1n) is 13.7. The van der Waals surface area contributed by atoms with Crippen molar-refractivity contribution < 1.29 is 0 Å². The summed E-state index contributed by atoms with van der Waals surface area (Å²) in [5.41, 5.74) is 15.5. The molecular formula is C37H23N3. The molecule has 40 heavy (non-hydrogen) atoms. The van der Waals surface area contributed by atoms with E-state index in [9.17, 15) is 0 Å². The standard InChI is InChI=1S/C37H23N3/c1-2-12-26-25(11-1)27-13-3-4-15-29(27)31-22-21-24(23-32(31)30-16-6-5-14-28(26)30)39-35-19-9-10-20-36(35)40-34-18-8-7-17-33(34)38-37(39)40/h1-23H. The van der Waals surface area contributed by atoms with E-state index in [2.05, 4.69) is 148 Å². The third-order valence-corrected chi connectivity index (χ3v) is 8.31. The summed E-state index contributed by atoms with van der Waals surface area (Å²) in [7, 11) is 0. The fraction of sp³-hybridized carbons (Fsp3) is 0. The first-order chi connectivity index (χ1) is 19.9.